The van der Waals surface area contributed by atoms with E-state index in [0.717, 1.165) is 45.3 Å². The maximum atomic E-state index is 12.3. The molecule has 110 valence electrons. The number of nitrogens with two attached hydrogens (primary N) is 1. The van der Waals surface area contributed by atoms with Gasteiger partial charge >= 0.3 is 0 Å². The third-order valence-electron chi connectivity index (χ3n) is 4.56. The van der Waals surface area contributed by atoms with Crippen LogP contribution in [0.3, 0.4) is 0 Å². The Kier molecular flexibility index (Phi) is 5.64. The number of hydrogen-bond acceptors (Lipinski definition) is 3. The number of nitrogens with one attached hydrogen (secondary N) is 1. The van der Waals surface area contributed by atoms with Gasteiger partial charge < -0.3 is 15.8 Å². The summed E-state index contributed by atoms with van der Waals surface area (Å²) in [4.78, 5) is 12.3. The summed E-state index contributed by atoms with van der Waals surface area (Å²) in [7, 11) is 0. The minimum Gasteiger partial charge on any atom is -0.378 e. The Labute approximate surface area is 116 Å². The average molecular weight is 268 g/mol. The van der Waals surface area contributed by atoms with Crippen LogP contribution in [0.4, 0.5) is 0 Å². The van der Waals surface area contributed by atoms with Crippen molar-refractivity contribution in [2.75, 3.05) is 13.2 Å². The van der Waals surface area contributed by atoms with E-state index in [2.05, 4.69) is 12.2 Å². The summed E-state index contributed by atoms with van der Waals surface area (Å²) >= 11 is 0. The third kappa shape index (κ3) is 4.46. The van der Waals surface area contributed by atoms with Crippen LogP contribution in [0.15, 0.2) is 0 Å². The number of rotatable bonds is 4. The van der Waals surface area contributed by atoms with Crippen molar-refractivity contribution in [1.82, 2.24) is 5.32 Å². The van der Waals surface area contributed by atoms with Crippen molar-refractivity contribution in [3.05, 3.63) is 0 Å². The smallest absolute Gasteiger partial charge is 0.223 e. The van der Waals surface area contributed by atoms with Gasteiger partial charge in [0.25, 0.3) is 0 Å². The molecular formula is C15H28N2O2. The highest BCUT2D eigenvalue weighted by Gasteiger charge is 2.29. The number of carbonyl (C=O) groups excluding carboxylic acids is 1. The molecule has 1 aliphatic carbocycles. The van der Waals surface area contributed by atoms with Gasteiger partial charge in [-0.25, -0.2) is 0 Å². The summed E-state index contributed by atoms with van der Waals surface area (Å²) in [6.07, 6.45) is 7.74. The fourth-order valence-corrected chi connectivity index (χ4v) is 3.48. The Morgan fingerprint density at radius 1 is 1.32 bits per heavy atom. The van der Waals surface area contributed by atoms with Crippen molar-refractivity contribution in [3.8, 4) is 0 Å². The second-order valence-corrected chi connectivity index (χ2v) is 6.22. The second-order valence-electron chi connectivity index (χ2n) is 6.22. The first-order valence-corrected chi connectivity index (χ1v) is 7.81. The molecule has 1 amide bonds. The van der Waals surface area contributed by atoms with Crippen molar-refractivity contribution in [1.29, 1.82) is 0 Å². The highest BCUT2D eigenvalue weighted by Crippen LogP contribution is 2.31. The van der Waals surface area contributed by atoms with Gasteiger partial charge in [-0.2, -0.15) is 0 Å². The van der Waals surface area contributed by atoms with Crippen molar-refractivity contribution >= 4 is 5.91 Å². The van der Waals surface area contributed by atoms with Gasteiger partial charge in [0.05, 0.1) is 6.10 Å². The first-order chi connectivity index (χ1) is 9.19. The molecule has 19 heavy (non-hydrogen) atoms. The summed E-state index contributed by atoms with van der Waals surface area (Å²) in [5, 5.41) is 3.23. The van der Waals surface area contributed by atoms with Gasteiger partial charge in [-0.3, -0.25) is 4.79 Å². The van der Waals surface area contributed by atoms with Crippen LogP contribution in [0.25, 0.3) is 0 Å². The molecule has 4 unspecified atom stereocenters. The molecule has 4 atom stereocenters. The Bertz CT molecular complexity index is 294. The summed E-state index contributed by atoms with van der Waals surface area (Å²) in [5.74, 6) is 1.13. The van der Waals surface area contributed by atoms with Crippen LogP contribution in [0.2, 0.25) is 0 Å². The molecule has 0 aromatic heterocycles. The van der Waals surface area contributed by atoms with Gasteiger partial charge in [0.15, 0.2) is 0 Å². The molecule has 0 aromatic rings. The quantitative estimate of drug-likeness (QED) is 0.817. The average Bonchev–Trinajstić information content (AvgIpc) is 2.39. The Morgan fingerprint density at radius 2 is 2.16 bits per heavy atom. The van der Waals surface area contributed by atoms with E-state index >= 15 is 0 Å². The van der Waals surface area contributed by atoms with E-state index in [1.54, 1.807) is 0 Å². The predicted molar refractivity (Wildman–Crippen MR) is 75.7 cm³/mol. The molecule has 3 N–H and O–H groups in total. The summed E-state index contributed by atoms with van der Waals surface area (Å²) in [6.45, 7) is 3.60. The summed E-state index contributed by atoms with van der Waals surface area (Å²) in [5.41, 5.74) is 5.63. The molecule has 1 saturated carbocycles. The molecule has 4 nitrogen and oxygen atoms in total. The van der Waals surface area contributed by atoms with Crippen LogP contribution in [-0.2, 0) is 9.53 Å². The van der Waals surface area contributed by atoms with E-state index in [-0.39, 0.29) is 17.9 Å². The lowest BCUT2D eigenvalue weighted by Gasteiger charge is -2.32. The Morgan fingerprint density at radius 3 is 2.89 bits per heavy atom. The lowest BCUT2D eigenvalue weighted by atomic mass is 9.79. The van der Waals surface area contributed by atoms with Gasteiger partial charge in [-0.1, -0.05) is 12.8 Å². The highest BCUT2D eigenvalue weighted by atomic mass is 16.5. The van der Waals surface area contributed by atoms with Gasteiger partial charge in [0.2, 0.25) is 5.91 Å². The van der Waals surface area contributed by atoms with E-state index in [1.165, 1.54) is 12.8 Å². The minimum atomic E-state index is 0.212. The molecule has 0 aromatic carbocycles. The van der Waals surface area contributed by atoms with Crippen LogP contribution in [0, 0.1) is 11.8 Å². The molecule has 2 fully saturated rings. The first-order valence-electron chi connectivity index (χ1n) is 7.81. The van der Waals surface area contributed by atoms with Crippen LogP contribution < -0.4 is 11.1 Å². The van der Waals surface area contributed by atoms with Gasteiger partial charge in [-0.05, 0) is 51.5 Å². The topological polar surface area (TPSA) is 64.4 Å². The molecule has 4 heteroatoms. The molecule has 0 spiro atoms. The van der Waals surface area contributed by atoms with Crippen LogP contribution >= 0.6 is 0 Å². The van der Waals surface area contributed by atoms with Crippen LogP contribution in [0.5, 0.6) is 0 Å². The number of carbonyl (C=O) groups is 1. The van der Waals surface area contributed by atoms with Crippen molar-refractivity contribution in [3.63, 3.8) is 0 Å². The first kappa shape index (κ1) is 14.8. The molecule has 2 rings (SSSR count). The number of ether oxygens (including phenoxy) is 1. The molecular weight excluding hydrogens is 240 g/mol. The van der Waals surface area contributed by atoms with E-state index in [9.17, 15) is 4.79 Å². The molecule has 2 aliphatic rings. The van der Waals surface area contributed by atoms with Crippen molar-refractivity contribution in [2.24, 2.45) is 17.6 Å². The van der Waals surface area contributed by atoms with Gasteiger partial charge in [-0.15, -0.1) is 0 Å². The van der Waals surface area contributed by atoms with Crippen molar-refractivity contribution < 1.29 is 9.53 Å². The SMILES string of the molecule is CC1CC(NC(=O)C2CCCC(CCN)C2)CCO1. The van der Waals surface area contributed by atoms with Crippen LogP contribution in [0.1, 0.15) is 51.9 Å². The number of amides is 1. The maximum absolute atomic E-state index is 12.3. The predicted octanol–water partition coefficient (Wildman–Crippen LogP) is 1.83. The number of hydrogen-bond donors (Lipinski definition) is 2. The molecule has 1 aliphatic heterocycles. The lowest BCUT2D eigenvalue weighted by molar-refractivity contribution is -0.128. The van der Waals surface area contributed by atoms with E-state index in [1.807, 2.05) is 0 Å². The summed E-state index contributed by atoms with van der Waals surface area (Å²) in [6, 6.07) is 0.311. The zero-order chi connectivity index (χ0) is 13.7. The fraction of sp³-hybridized carbons (Fsp3) is 0.933. The van der Waals surface area contributed by atoms with Crippen LogP contribution in [-0.4, -0.2) is 31.2 Å². The van der Waals surface area contributed by atoms with E-state index in [4.69, 9.17) is 10.5 Å². The lowest BCUT2D eigenvalue weighted by Crippen LogP contribution is -2.44. The zero-order valence-electron chi connectivity index (χ0n) is 12.1. The standard InChI is InChI=1S/C15H28N2O2/c1-11-9-14(6-8-19-11)17-15(18)13-4-2-3-12(10-13)5-7-16/h11-14H,2-10,16H2,1H3,(H,17,18). The normalized spacial score (nSPS) is 35.9. The third-order valence-corrected chi connectivity index (χ3v) is 4.56. The van der Waals surface area contributed by atoms with E-state index in [0.29, 0.717) is 12.0 Å². The molecule has 1 heterocycles. The molecule has 0 bridgehead atoms. The molecule has 0 radical (unpaired) electrons. The van der Waals surface area contributed by atoms with Gasteiger partial charge in [0, 0.05) is 18.6 Å². The highest BCUT2D eigenvalue weighted by molar-refractivity contribution is 5.79. The second kappa shape index (κ2) is 7.25. The molecule has 1 saturated heterocycles. The Balaban J connectivity index is 1.78. The maximum Gasteiger partial charge on any atom is 0.223 e. The fourth-order valence-electron chi connectivity index (χ4n) is 3.48. The summed E-state index contributed by atoms with van der Waals surface area (Å²) < 4.78 is 5.52. The van der Waals surface area contributed by atoms with Crippen molar-refractivity contribution in [2.45, 2.75) is 64.0 Å². The van der Waals surface area contributed by atoms with Gasteiger partial charge in [0.1, 0.15) is 0 Å². The zero-order valence-corrected chi connectivity index (χ0v) is 12.1. The minimum absolute atomic E-state index is 0.212. The van der Waals surface area contributed by atoms with E-state index < -0.39 is 0 Å². The Hall–Kier alpha value is -0.610. The largest absolute Gasteiger partial charge is 0.378 e. The monoisotopic (exact) mass is 268 g/mol.